The summed E-state index contributed by atoms with van der Waals surface area (Å²) in [6, 6.07) is 26.0. The smallest absolute Gasteiger partial charge is 0.238 e. The van der Waals surface area contributed by atoms with Crippen molar-refractivity contribution in [1.82, 2.24) is 0 Å². The molecule has 34 heavy (non-hydrogen) atoms. The number of carbonyl (C=O) groups excluding carboxylic acids is 2. The molecule has 1 N–H and O–H groups in total. The monoisotopic (exact) mass is 472 g/mol. The van der Waals surface area contributed by atoms with E-state index in [0.29, 0.717) is 5.75 Å². The Morgan fingerprint density at radius 3 is 2.38 bits per heavy atom. The molecule has 4 rings (SSSR count). The number of nitrogens with one attached hydrogen (secondary N) is 1. The minimum absolute atomic E-state index is 0.0179. The van der Waals surface area contributed by atoms with Gasteiger partial charge in [-0.2, -0.15) is 0 Å². The van der Waals surface area contributed by atoms with Crippen molar-refractivity contribution in [1.29, 1.82) is 0 Å². The SMILES string of the molecule is CCC(C(=O)Nc1cccc(C2SCC(=O)N2c2ccc(C(C)(C)C)cc2)c1)c1ccccc1. The molecule has 0 spiro atoms. The van der Waals surface area contributed by atoms with Gasteiger partial charge in [0.1, 0.15) is 5.37 Å². The molecule has 3 aromatic rings. The third-order valence-corrected chi connectivity index (χ3v) is 7.46. The maximum atomic E-state index is 13.0. The largest absolute Gasteiger partial charge is 0.326 e. The molecule has 2 amide bonds. The number of hydrogen-bond acceptors (Lipinski definition) is 3. The van der Waals surface area contributed by atoms with Gasteiger partial charge in [0.2, 0.25) is 11.8 Å². The number of nitrogens with zero attached hydrogens (tertiary/aromatic N) is 1. The normalized spacial score (nSPS) is 17.0. The highest BCUT2D eigenvalue weighted by Crippen LogP contribution is 2.42. The van der Waals surface area contributed by atoms with Gasteiger partial charge in [-0.15, -0.1) is 11.8 Å². The Kier molecular flexibility index (Phi) is 7.13. The maximum Gasteiger partial charge on any atom is 0.238 e. The first-order valence-electron chi connectivity index (χ1n) is 11.8. The summed E-state index contributed by atoms with van der Waals surface area (Å²) in [5, 5.41) is 2.97. The zero-order valence-electron chi connectivity index (χ0n) is 20.2. The third-order valence-electron chi connectivity index (χ3n) is 6.25. The molecule has 2 unspecified atom stereocenters. The quantitative estimate of drug-likeness (QED) is 0.425. The number of rotatable bonds is 6. The fourth-order valence-electron chi connectivity index (χ4n) is 4.33. The highest BCUT2D eigenvalue weighted by atomic mass is 32.2. The number of benzene rings is 3. The molecule has 0 bridgehead atoms. The molecule has 4 nitrogen and oxygen atoms in total. The lowest BCUT2D eigenvalue weighted by atomic mass is 9.87. The first-order valence-corrected chi connectivity index (χ1v) is 12.8. The minimum atomic E-state index is -0.204. The van der Waals surface area contributed by atoms with Gasteiger partial charge in [0.25, 0.3) is 0 Å². The molecule has 1 heterocycles. The summed E-state index contributed by atoms with van der Waals surface area (Å²) in [6.07, 6.45) is 0.723. The van der Waals surface area contributed by atoms with Crippen LogP contribution in [0.3, 0.4) is 0 Å². The fraction of sp³-hybridized carbons (Fsp3) is 0.310. The Hall–Kier alpha value is -3.05. The van der Waals surface area contributed by atoms with Gasteiger partial charge in [0, 0.05) is 11.4 Å². The molecule has 0 aliphatic carbocycles. The van der Waals surface area contributed by atoms with Crippen LogP contribution in [-0.2, 0) is 15.0 Å². The predicted molar refractivity (Wildman–Crippen MR) is 142 cm³/mol. The Morgan fingerprint density at radius 2 is 1.74 bits per heavy atom. The van der Waals surface area contributed by atoms with E-state index in [4.69, 9.17) is 0 Å². The van der Waals surface area contributed by atoms with Crippen LogP contribution in [0, 0.1) is 0 Å². The number of amides is 2. The molecule has 176 valence electrons. The number of carbonyl (C=O) groups is 2. The van der Waals surface area contributed by atoms with E-state index in [-0.39, 0.29) is 28.5 Å². The van der Waals surface area contributed by atoms with Crippen molar-refractivity contribution in [2.75, 3.05) is 16.0 Å². The third kappa shape index (κ3) is 5.20. The van der Waals surface area contributed by atoms with E-state index in [1.165, 1.54) is 5.56 Å². The van der Waals surface area contributed by atoms with E-state index in [2.05, 4.69) is 38.2 Å². The van der Waals surface area contributed by atoms with Gasteiger partial charge in [0.15, 0.2) is 0 Å². The summed E-state index contributed by atoms with van der Waals surface area (Å²) >= 11 is 1.62. The van der Waals surface area contributed by atoms with Gasteiger partial charge in [-0.3, -0.25) is 14.5 Å². The van der Waals surface area contributed by atoms with Crippen molar-refractivity contribution in [2.45, 2.75) is 50.8 Å². The number of hydrogen-bond donors (Lipinski definition) is 1. The topological polar surface area (TPSA) is 49.4 Å². The van der Waals surface area contributed by atoms with Crippen LogP contribution in [0.4, 0.5) is 11.4 Å². The minimum Gasteiger partial charge on any atom is -0.326 e. The standard InChI is InChI=1S/C29H32N2O2S/c1-5-25(20-10-7-6-8-11-20)27(33)30-23-13-9-12-21(18-23)28-31(26(32)19-34-28)24-16-14-22(15-17-24)29(2,3)4/h6-18,25,28H,5,19H2,1-4H3,(H,30,33). The molecule has 0 radical (unpaired) electrons. The summed E-state index contributed by atoms with van der Waals surface area (Å²) < 4.78 is 0. The van der Waals surface area contributed by atoms with E-state index < -0.39 is 0 Å². The van der Waals surface area contributed by atoms with Gasteiger partial charge in [-0.1, -0.05) is 82.3 Å². The van der Waals surface area contributed by atoms with Crippen LogP contribution in [-0.4, -0.2) is 17.6 Å². The summed E-state index contributed by atoms with van der Waals surface area (Å²) in [5.41, 5.74) is 4.96. The van der Waals surface area contributed by atoms with E-state index >= 15 is 0 Å². The zero-order chi connectivity index (χ0) is 24.3. The first kappa shape index (κ1) is 24.1. The number of anilines is 2. The number of thioether (sulfide) groups is 1. The van der Waals surface area contributed by atoms with Gasteiger partial charge >= 0.3 is 0 Å². The summed E-state index contributed by atoms with van der Waals surface area (Å²) in [7, 11) is 0. The highest BCUT2D eigenvalue weighted by molar-refractivity contribution is 8.00. The van der Waals surface area contributed by atoms with Crippen molar-refractivity contribution < 1.29 is 9.59 Å². The second kappa shape index (κ2) is 10.1. The Labute approximate surface area is 206 Å². The average Bonchev–Trinajstić information content (AvgIpc) is 3.21. The van der Waals surface area contributed by atoms with E-state index in [1.54, 1.807) is 11.8 Å². The lowest BCUT2D eigenvalue weighted by Gasteiger charge is -2.26. The molecular weight excluding hydrogens is 440 g/mol. The van der Waals surface area contributed by atoms with Crippen molar-refractivity contribution in [3.63, 3.8) is 0 Å². The molecular formula is C29H32N2O2S. The van der Waals surface area contributed by atoms with E-state index in [9.17, 15) is 9.59 Å². The van der Waals surface area contributed by atoms with Crippen LogP contribution >= 0.6 is 11.8 Å². The van der Waals surface area contributed by atoms with Crippen LogP contribution < -0.4 is 10.2 Å². The van der Waals surface area contributed by atoms with Gasteiger partial charge in [-0.05, 0) is 52.8 Å². The van der Waals surface area contributed by atoms with Crippen LogP contribution in [0.15, 0.2) is 78.9 Å². The fourth-order valence-corrected chi connectivity index (χ4v) is 5.50. The Morgan fingerprint density at radius 1 is 1.03 bits per heavy atom. The molecule has 1 saturated heterocycles. The van der Waals surface area contributed by atoms with Crippen molar-refractivity contribution in [3.8, 4) is 0 Å². The van der Waals surface area contributed by atoms with Crippen molar-refractivity contribution in [2.24, 2.45) is 0 Å². The van der Waals surface area contributed by atoms with Crippen LogP contribution in [0.1, 0.15) is 62.1 Å². The Bertz CT molecular complexity index is 1150. The van der Waals surface area contributed by atoms with Crippen LogP contribution in [0.2, 0.25) is 0 Å². The first-order chi connectivity index (χ1) is 16.3. The van der Waals surface area contributed by atoms with E-state index in [0.717, 1.165) is 28.9 Å². The van der Waals surface area contributed by atoms with Crippen LogP contribution in [0.25, 0.3) is 0 Å². The van der Waals surface area contributed by atoms with Crippen LogP contribution in [0.5, 0.6) is 0 Å². The summed E-state index contributed by atoms with van der Waals surface area (Å²) in [6.45, 7) is 8.57. The molecule has 0 saturated carbocycles. The lowest BCUT2D eigenvalue weighted by molar-refractivity contribution is -0.118. The Balaban J connectivity index is 1.55. The van der Waals surface area contributed by atoms with Crippen molar-refractivity contribution in [3.05, 3.63) is 95.6 Å². The van der Waals surface area contributed by atoms with Gasteiger partial charge in [-0.25, -0.2) is 0 Å². The summed E-state index contributed by atoms with van der Waals surface area (Å²) in [5.74, 6) is 0.317. The molecule has 1 fully saturated rings. The molecule has 0 aromatic heterocycles. The molecule has 1 aliphatic rings. The van der Waals surface area contributed by atoms with Gasteiger partial charge in [0.05, 0.1) is 11.7 Å². The maximum absolute atomic E-state index is 13.0. The second-order valence-electron chi connectivity index (χ2n) is 9.71. The second-order valence-corrected chi connectivity index (χ2v) is 10.8. The molecule has 1 aliphatic heterocycles. The molecule has 3 aromatic carbocycles. The lowest BCUT2D eigenvalue weighted by Crippen LogP contribution is -2.28. The highest BCUT2D eigenvalue weighted by Gasteiger charge is 2.34. The van der Waals surface area contributed by atoms with E-state index in [1.807, 2.05) is 78.6 Å². The summed E-state index contributed by atoms with van der Waals surface area (Å²) in [4.78, 5) is 27.7. The van der Waals surface area contributed by atoms with Gasteiger partial charge < -0.3 is 5.32 Å². The van der Waals surface area contributed by atoms with Crippen molar-refractivity contribution >= 4 is 35.0 Å². The molecule has 5 heteroatoms. The predicted octanol–water partition coefficient (Wildman–Crippen LogP) is 6.90. The zero-order valence-corrected chi connectivity index (χ0v) is 21.1. The average molecular weight is 473 g/mol. The molecule has 2 atom stereocenters.